The maximum absolute atomic E-state index is 12.9. The highest BCUT2D eigenvalue weighted by Gasteiger charge is 2.28. The Bertz CT molecular complexity index is 733. The lowest BCUT2D eigenvalue weighted by atomic mass is 9.87. The van der Waals surface area contributed by atoms with Crippen molar-refractivity contribution in [2.45, 2.75) is 208 Å². The number of aliphatic hydroxyl groups excluding tert-OH is 1. The van der Waals surface area contributed by atoms with Crippen LogP contribution in [-0.4, -0.2) is 68.2 Å². The highest BCUT2D eigenvalue weighted by molar-refractivity contribution is 5.75. The van der Waals surface area contributed by atoms with Crippen LogP contribution >= 0.6 is 0 Å². The summed E-state index contributed by atoms with van der Waals surface area (Å²) in [6, 6.07) is 0. The second-order valence-electron chi connectivity index (χ2n) is 15.6. The molecule has 0 rings (SSSR count). The molecule has 0 atom stereocenters. The SMILES string of the molecule is CCCCCCCCCOC(=O)OCCCCCCN(CCO)CCCCCCC(C)(C)C(=O)OCCC(CCCCCC)CCCCCC. The van der Waals surface area contributed by atoms with Crippen LogP contribution in [0.5, 0.6) is 0 Å². The smallest absolute Gasteiger partial charge is 0.465 e. The fourth-order valence-corrected chi connectivity index (χ4v) is 6.70. The van der Waals surface area contributed by atoms with Crippen LogP contribution in [0.15, 0.2) is 0 Å². The first-order chi connectivity index (χ1) is 24.3. The van der Waals surface area contributed by atoms with Crippen LogP contribution < -0.4 is 0 Å². The van der Waals surface area contributed by atoms with Crippen molar-refractivity contribution in [1.29, 1.82) is 0 Å². The number of ether oxygens (including phenoxy) is 3. The Morgan fingerprint density at radius 1 is 0.520 bits per heavy atom. The van der Waals surface area contributed by atoms with Gasteiger partial charge in [0, 0.05) is 6.54 Å². The predicted molar refractivity (Wildman–Crippen MR) is 211 cm³/mol. The van der Waals surface area contributed by atoms with Gasteiger partial charge in [0.15, 0.2) is 0 Å². The maximum Gasteiger partial charge on any atom is 0.508 e. The molecule has 0 spiro atoms. The molecule has 1 N–H and O–H groups in total. The third kappa shape index (κ3) is 31.4. The molecular formula is C43H85NO6. The Morgan fingerprint density at radius 3 is 1.46 bits per heavy atom. The van der Waals surface area contributed by atoms with Gasteiger partial charge in [-0.3, -0.25) is 4.79 Å². The zero-order valence-corrected chi connectivity index (χ0v) is 34.1. The molecule has 0 aromatic heterocycles. The van der Waals surface area contributed by atoms with Gasteiger partial charge in [-0.2, -0.15) is 0 Å². The zero-order chi connectivity index (χ0) is 37.0. The summed E-state index contributed by atoms with van der Waals surface area (Å²) < 4.78 is 16.2. The van der Waals surface area contributed by atoms with Crippen LogP contribution in [0.2, 0.25) is 0 Å². The van der Waals surface area contributed by atoms with Crippen LogP contribution in [0.1, 0.15) is 208 Å². The first kappa shape index (κ1) is 48.7. The van der Waals surface area contributed by atoms with Crippen molar-refractivity contribution in [3.05, 3.63) is 0 Å². The number of hydrogen-bond acceptors (Lipinski definition) is 7. The van der Waals surface area contributed by atoms with Gasteiger partial charge in [-0.25, -0.2) is 4.79 Å². The molecule has 0 aromatic carbocycles. The van der Waals surface area contributed by atoms with Crippen LogP contribution in [0.3, 0.4) is 0 Å². The van der Waals surface area contributed by atoms with Crippen LogP contribution in [0, 0.1) is 11.3 Å². The number of carbonyl (C=O) groups is 2. The molecule has 298 valence electrons. The van der Waals surface area contributed by atoms with Gasteiger partial charge < -0.3 is 24.2 Å². The highest BCUT2D eigenvalue weighted by Crippen LogP contribution is 2.27. The van der Waals surface area contributed by atoms with Crippen molar-refractivity contribution >= 4 is 12.1 Å². The molecule has 0 bridgehead atoms. The third-order valence-corrected chi connectivity index (χ3v) is 10.2. The predicted octanol–water partition coefficient (Wildman–Crippen LogP) is 12.2. The number of aliphatic hydroxyl groups is 1. The molecular weight excluding hydrogens is 626 g/mol. The molecule has 0 heterocycles. The number of nitrogens with zero attached hydrogens (tertiary/aromatic N) is 1. The van der Waals surface area contributed by atoms with Gasteiger partial charge in [-0.15, -0.1) is 0 Å². The molecule has 0 radical (unpaired) electrons. The van der Waals surface area contributed by atoms with Crippen molar-refractivity contribution in [3.63, 3.8) is 0 Å². The average molecular weight is 712 g/mol. The Balaban J connectivity index is 4.01. The molecule has 0 unspecified atom stereocenters. The summed E-state index contributed by atoms with van der Waals surface area (Å²) in [5, 5.41) is 9.54. The van der Waals surface area contributed by atoms with E-state index in [0.29, 0.717) is 32.3 Å². The quantitative estimate of drug-likeness (QED) is 0.0504. The van der Waals surface area contributed by atoms with Gasteiger partial charge in [0.05, 0.1) is 31.8 Å². The summed E-state index contributed by atoms with van der Waals surface area (Å²) in [6.07, 6.45) is 31.2. The highest BCUT2D eigenvalue weighted by atomic mass is 16.7. The average Bonchev–Trinajstić information content (AvgIpc) is 3.10. The maximum atomic E-state index is 12.9. The molecule has 0 aromatic rings. The summed E-state index contributed by atoms with van der Waals surface area (Å²) in [5.41, 5.74) is -0.431. The normalized spacial score (nSPS) is 11.8. The number of esters is 1. The third-order valence-electron chi connectivity index (χ3n) is 10.2. The number of hydrogen-bond donors (Lipinski definition) is 1. The van der Waals surface area contributed by atoms with Gasteiger partial charge >= 0.3 is 12.1 Å². The van der Waals surface area contributed by atoms with E-state index in [9.17, 15) is 14.7 Å². The fourth-order valence-electron chi connectivity index (χ4n) is 6.70. The van der Waals surface area contributed by atoms with E-state index >= 15 is 0 Å². The van der Waals surface area contributed by atoms with E-state index in [1.807, 2.05) is 13.8 Å². The van der Waals surface area contributed by atoms with E-state index in [2.05, 4.69) is 25.7 Å². The molecule has 0 saturated carbocycles. The lowest BCUT2D eigenvalue weighted by Gasteiger charge is -2.24. The summed E-state index contributed by atoms with van der Waals surface area (Å²) in [4.78, 5) is 27.1. The standard InChI is InChI=1S/C43H85NO6/c1-6-9-12-15-16-20-27-37-49-42(47)50-38-28-21-19-26-34-44(35-36-45)33-25-18-17-24-32-43(4,5)41(46)48-39-31-40(29-22-13-10-7-2)30-23-14-11-8-3/h40,45H,6-39H2,1-5H3. The minimum Gasteiger partial charge on any atom is -0.465 e. The molecule has 0 aliphatic rings. The van der Waals surface area contributed by atoms with Crippen molar-refractivity contribution < 1.29 is 28.9 Å². The van der Waals surface area contributed by atoms with Gasteiger partial charge in [0.2, 0.25) is 0 Å². The molecule has 0 aliphatic heterocycles. The molecule has 0 aliphatic carbocycles. The minimum atomic E-state index is -0.533. The number of carbonyl (C=O) groups excluding carboxylic acids is 2. The van der Waals surface area contributed by atoms with Crippen LogP contribution in [-0.2, 0) is 19.0 Å². The van der Waals surface area contributed by atoms with Gasteiger partial charge in [0.25, 0.3) is 0 Å². The fraction of sp³-hybridized carbons (Fsp3) is 0.953. The Kier molecular flexibility index (Phi) is 35.1. The summed E-state index contributed by atoms with van der Waals surface area (Å²) >= 11 is 0. The first-order valence-corrected chi connectivity index (χ1v) is 21.6. The molecule has 7 nitrogen and oxygen atoms in total. The molecule has 0 fully saturated rings. The largest absolute Gasteiger partial charge is 0.508 e. The lowest BCUT2D eigenvalue weighted by Crippen LogP contribution is -2.29. The van der Waals surface area contributed by atoms with Gasteiger partial charge in [-0.1, -0.05) is 156 Å². The minimum absolute atomic E-state index is 0.0346. The zero-order valence-electron chi connectivity index (χ0n) is 34.1. The summed E-state index contributed by atoms with van der Waals surface area (Å²) in [5.74, 6) is 0.652. The van der Waals surface area contributed by atoms with E-state index in [1.165, 1.54) is 96.3 Å². The summed E-state index contributed by atoms with van der Waals surface area (Å²) in [7, 11) is 0. The van der Waals surface area contributed by atoms with Crippen molar-refractivity contribution in [2.75, 3.05) is 46.1 Å². The van der Waals surface area contributed by atoms with Crippen molar-refractivity contribution in [3.8, 4) is 0 Å². The second-order valence-corrected chi connectivity index (χ2v) is 15.6. The topological polar surface area (TPSA) is 85.3 Å². The van der Waals surface area contributed by atoms with Crippen molar-refractivity contribution in [2.24, 2.45) is 11.3 Å². The van der Waals surface area contributed by atoms with Gasteiger partial charge in [0.1, 0.15) is 0 Å². The first-order valence-electron chi connectivity index (χ1n) is 21.6. The van der Waals surface area contributed by atoms with Gasteiger partial charge in [-0.05, 0) is 71.4 Å². The molecule has 0 amide bonds. The summed E-state index contributed by atoms with van der Waals surface area (Å²) in [6.45, 7) is 15.2. The molecule has 7 heteroatoms. The molecule has 0 saturated heterocycles. The van der Waals surface area contributed by atoms with E-state index in [4.69, 9.17) is 14.2 Å². The number of unbranched alkanes of at least 4 members (excludes halogenated alkanes) is 18. The second kappa shape index (κ2) is 36.0. The van der Waals surface area contributed by atoms with E-state index in [0.717, 1.165) is 90.1 Å². The van der Waals surface area contributed by atoms with Crippen molar-refractivity contribution in [1.82, 2.24) is 4.90 Å². The van der Waals surface area contributed by atoms with Crippen LogP contribution in [0.25, 0.3) is 0 Å². The van der Waals surface area contributed by atoms with E-state index in [-0.39, 0.29) is 12.6 Å². The monoisotopic (exact) mass is 712 g/mol. The van der Waals surface area contributed by atoms with E-state index in [1.54, 1.807) is 0 Å². The lowest BCUT2D eigenvalue weighted by molar-refractivity contribution is -0.154. The Morgan fingerprint density at radius 2 is 0.960 bits per heavy atom. The molecule has 50 heavy (non-hydrogen) atoms. The van der Waals surface area contributed by atoms with Crippen LogP contribution in [0.4, 0.5) is 4.79 Å². The van der Waals surface area contributed by atoms with E-state index < -0.39 is 11.6 Å². The Hall–Kier alpha value is -1.34. The Labute approximate surface area is 310 Å². The number of rotatable bonds is 38.